The molecule has 138 valence electrons. The summed E-state index contributed by atoms with van der Waals surface area (Å²) in [7, 11) is -1.94. The average Bonchev–Trinajstić information content (AvgIpc) is 2.68. The molecule has 1 aliphatic rings. The molecule has 0 aliphatic carbocycles. The Morgan fingerprint density at radius 3 is 2.19 bits per heavy atom. The van der Waals surface area contributed by atoms with Crippen LogP contribution >= 0.6 is 0 Å². The van der Waals surface area contributed by atoms with Crippen molar-refractivity contribution in [1.29, 1.82) is 0 Å². The summed E-state index contributed by atoms with van der Waals surface area (Å²) in [6.07, 6.45) is 2.88. The third-order valence-corrected chi connectivity index (χ3v) is 5.49. The molecular formula is C19H22N2O4S. The first-order valence-electron chi connectivity index (χ1n) is 8.37. The van der Waals surface area contributed by atoms with Crippen LogP contribution in [0.4, 0.5) is 0 Å². The molecule has 0 aromatic heterocycles. The molecular weight excluding hydrogens is 352 g/mol. The zero-order valence-electron chi connectivity index (χ0n) is 14.6. The van der Waals surface area contributed by atoms with E-state index < -0.39 is 10.0 Å². The summed E-state index contributed by atoms with van der Waals surface area (Å²) in [5, 5.41) is 3.20. The lowest BCUT2D eigenvalue weighted by Crippen LogP contribution is -2.29. The fraction of sp³-hybridized carbons (Fsp3) is 0.263. The molecule has 0 amide bonds. The van der Waals surface area contributed by atoms with Crippen LogP contribution in [0, 0.1) is 0 Å². The average molecular weight is 374 g/mol. The van der Waals surface area contributed by atoms with Crippen LogP contribution in [0.2, 0.25) is 0 Å². The van der Waals surface area contributed by atoms with Crippen LogP contribution in [0.5, 0.6) is 17.2 Å². The zero-order valence-corrected chi connectivity index (χ0v) is 15.4. The van der Waals surface area contributed by atoms with E-state index in [-0.39, 0.29) is 4.90 Å². The van der Waals surface area contributed by atoms with Crippen molar-refractivity contribution in [2.24, 2.45) is 0 Å². The van der Waals surface area contributed by atoms with E-state index in [9.17, 15) is 8.42 Å². The molecule has 0 saturated carbocycles. The van der Waals surface area contributed by atoms with Gasteiger partial charge in [-0.05, 0) is 61.5 Å². The van der Waals surface area contributed by atoms with Gasteiger partial charge in [0, 0.05) is 13.1 Å². The lowest BCUT2D eigenvalue weighted by Gasteiger charge is -2.15. The maximum atomic E-state index is 12.4. The summed E-state index contributed by atoms with van der Waals surface area (Å²) < 4.78 is 38.3. The Balaban J connectivity index is 1.62. The summed E-state index contributed by atoms with van der Waals surface area (Å²) in [6, 6.07) is 13.5. The molecule has 2 aromatic rings. The summed E-state index contributed by atoms with van der Waals surface area (Å²) >= 11 is 0. The Morgan fingerprint density at radius 1 is 1.00 bits per heavy atom. The fourth-order valence-electron chi connectivity index (χ4n) is 2.57. The maximum Gasteiger partial charge on any atom is 0.240 e. The van der Waals surface area contributed by atoms with Crippen molar-refractivity contribution in [3.05, 3.63) is 60.2 Å². The van der Waals surface area contributed by atoms with Gasteiger partial charge >= 0.3 is 0 Å². The second-order valence-corrected chi connectivity index (χ2v) is 7.66. The van der Waals surface area contributed by atoms with E-state index in [1.807, 2.05) is 6.08 Å². The van der Waals surface area contributed by atoms with Gasteiger partial charge in [0.2, 0.25) is 10.0 Å². The lowest BCUT2D eigenvalue weighted by atomic mass is 10.1. The predicted octanol–water partition coefficient (Wildman–Crippen LogP) is 2.69. The second-order valence-electron chi connectivity index (χ2n) is 5.89. The van der Waals surface area contributed by atoms with Crippen LogP contribution in [0.1, 0.15) is 6.42 Å². The van der Waals surface area contributed by atoms with Crippen molar-refractivity contribution >= 4 is 10.0 Å². The summed E-state index contributed by atoms with van der Waals surface area (Å²) in [5.74, 6) is 1.96. The number of ether oxygens (including phenoxy) is 2. The number of methoxy groups -OCH3 is 1. The number of hydrogen-bond donors (Lipinski definition) is 2. The van der Waals surface area contributed by atoms with Gasteiger partial charge in [0.1, 0.15) is 17.2 Å². The van der Waals surface area contributed by atoms with Gasteiger partial charge in [-0.15, -0.1) is 0 Å². The van der Waals surface area contributed by atoms with Crippen LogP contribution < -0.4 is 19.5 Å². The van der Waals surface area contributed by atoms with Gasteiger partial charge in [0.25, 0.3) is 0 Å². The summed E-state index contributed by atoms with van der Waals surface area (Å²) in [4.78, 5) is 0.217. The van der Waals surface area contributed by atoms with Crippen LogP contribution in [0.15, 0.2) is 65.1 Å². The maximum absolute atomic E-state index is 12.4. The smallest absolute Gasteiger partial charge is 0.240 e. The minimum Gasteiger partial charge on any atom is -0.497 e. The van der Waals surface area contributed by atoms with Crippen molar-refractivity contribution < 1.29 is 17.9 Å². The molecule has 0 bridgehead atoms. The van der Waals surface area contributed by atoms with E-state index in [2.05, 4.69) is 10.0 Å². The van der Waals surface area contributed by atoms with Crippen molar-refractivity contribution in [2.45, 2.75) is 11.3 Å². The molecule has 26 heavy (non-hydrogen) atoms. The number of benzene rings is 2. The molecule has 3 rings (SSSR count). The number of sulfonamides is 1. The first-order chi connectivity index (χ1) is 12.6. The molecule has 0 atom stereocenters. The van der Waals surface area contributed by atoms with Gasteiger partial charge in [-0.1, -0.05) is 11.6 Å². The van der Waals surface area contributed by atoms with Crippen LogP contribution in [0.3, 0.4) is 0 Å². The quantitative estimate of drug-likeness (QED) is 0.729. The van der Waals surface area contributed by atoms with Gasteiger partial charge in [0.05, 0.1) is 12.0 Å². The highest BCUT2D eigenvalue weighted by atomic mass is 32.2. The number of hydrogen-bond acceptors (Lipinski definition) is 5. The molecule has 6 nitrogen and oxygen atoms in total. The molecule has 0 saturated heterocycles. The van der Waals surface area contributed by atoms with Crippen LogP contribution in [0.25, 0.3) is 0 Å². The number of nitrogens with one attached hydrogen (secondary N) is 2. The molecule has 1 heterocycles. The predicted molar refractivity (Wildman–Crippen MR) is 100 cm³/mol. The zero-order chi connectivity index (χ0) is 18.4. The van der Waals surface area contributed by atoms with Crippen molar-refractivity contribution in [3.8, 4) is 17.2 Å². The summed E-state index contributed by atoms with van der Waals surface area (Å²) in [6.45, 7) is 2.01. The molecule has 0 radical (unpaired) electrons. The fourth-order valence-corrected chi connectivity index (χ4v) is 3.60. The topological polar surface area (TPSA) is 76.7 Å². The van der Waals surface area contributed by atoms with Gasteiger partial charge in [-0.2, -0.15) is 0 Å². The molecule has 0 fully saturated rings. The minimum absolute atomic E-state index is 0.217. The SMILES string of the molecule is COc1ccc(Oc2ccc(S(=O)(=O)NCC3=CCNCC3)cc2)cc1. The molecule has 1 aliphatic heterocycles. The molecule has 0 unspecified atom stereocenters. The highest BCUT2D eigenvalue weighted by Gasteiger charge is 2.15. The first-order valence-corrected chi connectivity index (χ1v) is 9.85. The highest BCUT2D eigenvalue weighted by molar-refractivity contribution is 7.89. The molecule has 0 spiro atoms. The van der Waals surface area contributed by atoms with E-state index in [0.717, 1.165) is 30.8 Å². The van der Waals surface area contributed by atoms with Crippen molar-refractivity contribution in [1.82, 2.24) is 10.0 Å². The van der Waals surface area contributed by atoms with Crippen molar-refractivity contribution in [3.63, 3.8) is 0 Å². The van der Waals surface area contributed by atoms with Crippen molar-refractivity contribution in [2.75, 3.05) is 26.7 Å². The first kappa shape index (κ1) is 18.4. The Labute approximate surface area is 153 Å². The Hall–Kier alpha value is -2.35. The Kier molecular flexibility index (Phi) is 5.92. The normalized spacial score (nSPS) is 14.6. The molecule has 2 aromatic carbocycles. The third kappa shape index (κ3) is 4.85. The van der Waals surface area contributed by atoms with E-state index in [0.29, 0.717) is 18.0 Å². The van der Waals surface area contributed by atoms with Crippen LogP contribution in [-0.4, -0.2) is 35.2 Å². The van der Waals surface area contributed by atoms with Crippen LogP contribution in [-0.2, 0) is 10.0 Å². The van der Waals surface area contributed by atoms with Gasteiger partial charge in [-0.25, -0.2) is 13.1 Å². The van der Waals surface area contributed by atoms with E-state index in [1.165, 1.54) is 12.1 Å². The Morgan fingerprint density at radius 2 is 1.62 bits per heavy atom. The van der Waals surface area contributed by atoms with Gasteiger partial charge in [-0.3, -0.25) is 0 Å². The van der Waals surface area contributed by atoms with E-state index >= 15 is 0 Å². The monoisotopic (exact) mass is 374 g/mol. The molecule has 2 N–H and O–H groups in total. The molecule has 7 heteroatoms. The minimum atomic E-state index is -3.54. The van der Waals surface area contributed by atoms with Gasteiger partial charge < -0.3 is 14.8 Å². The van der Waals surface area contributed by atoms with E-state index in [1.54, 1.807) is 43.5 Å². The highest BCUT2D eigenvalue weighted by Crippen LogP contribution is 2.24. The largest absolute Gasteiger partial charge is 0.497 e. The Bertz CT molecular complexity index is 859. The van der Waals surface area contributed by atoms with Gasteiger partial charge in [0.15, 0.2) is 0 Å². The lowest BCUT2D eigenvalue weighted by molar-refractivity contribution is 0.413. The number of rotatable bonds is 7. The second kappa shape index (κ2) is 8.35. The third-order valence-electron chi connectivity index (χ3n) is 4.08. The van der Waals surface area contributed by atoms with E-state index in [4.69, 9.17) is 9.47 Å². The standard InChI is InChI=1S/C19H22N2O4S/c1-24-16-2-4-17(5-3-16)25-18-6-8-19(9-7-18)26(22,23)21-14-15-10-12-20-13-11-15/h2-10,20-21H,11-14H2,1H3. The summed E-state index contributed by atoms with van der Waals surface area (Å²) in [5.41, 5.74) is 1.10.